The Morgan fingerprint density at radius 2 is 1.56 bits per heavy atom. The Bertz CT molecular complexity index is 1800. The average molecular weight is 711 g/mol. The molecule has 48 heavy (non-hydrogen) atoms. The number of rotatable bonds is 15. The fourth-order valence-corrected chi connectivity index (χ4v) is 6.99. The van der Waals surface area contributed by atoms with Crippen LogP contribution < -0.4 is 14.4 Å². The number of carbonyl (C=O) groups is 2. The zero-order valence-corrected chi connectivity index (χ0v) is 29.9. The molecule has 4 aromatic carbocycles. The molecule has 1 N–H and O–H groups in total. The number of para-hydroxylation sites is 2. The number of hydrogen-bond acceptors (Lipinski definition) is 5. The van der Waals surface area contributed by atoms with E-state index in [2.05, 4.69) is 5.32 Å². The van der Waals surface area contributed by atoms with Crippen LogP contribution in [0, 0.1) is 12.8 Å². The van der Waals surface area contributed by atoms with Crippen LogP contribution in [-0.2, 0) is 32.6 Å². The number of sulfonamides is 1. The minimum atomic E-state index is -4.29. The molecule has 4 rings (SSSR count). The normalized spacial score (nSPS) is 12.0. The van der Waals surface area contributed by atoms with Gasteiger partial charge < -0.3 is 15.0 Å². The largest absolute Gasteiger partial charge is 0.492 e. The maximum atomic E-state index is 14.7. The first-order valence-corrected chi connectivity index (χ1v) is 18.0. The van der Waals surface area contributed by atoms with E-state index in [9.17, 15) is 18.0 Å². The molecular weight excluding hydrogens is 669 g/mol. The third kappa shape index (κ3) is 9.52. The van der Waals surface area contributed by atoms with Gasteiger partial charge in [0.15, 0.2) is 0 Å². The third-order valence-corrected chi connectivity index (χ3v) is 9.99. The summed E-state index contributed by atoms with van der Waals surface area (Å²) in [5.74, 6) is -0.519. The lowest BCUT2D eigenvalue weighted by molar-refractivity contribution is -0.140. The Morgan fingerprint density at radius 1 is 0.896 bits per heavy atom. The van der Waals surface area contributed by atoms with Crippen molar-refractivity contribution in [3.8, 4) is 5.75 Å². The summed E-state index contributed by atoms with van der Waals surface area (Å²) < 4.78 is 35.6. The van der Waals surface area contributed by atoms with Gasteiger partial charge in [-0.15, -0.1) is 0 Å². The Kier molecular flexibility index (Phi) is 12.9. The van der Waals surface area contributed by atoms with Crippen molar-refractivity contribution < 1.29 is 22.7 Å². The second kappa shape index (κ2) is 16.9. The van der Waals surface area contributed by atoms with E-state index in [4.69, 9.17) is 27.9 Å². The van der Waals surface area contributed by atoms with E-state index in [-0.39, 0.29) is 42.0 Å². The van der Waals surface area contributed by atoms with Crippen molar-refractivity contribution in [3.05, 3.63) is 124 Å². The van der Waals surface area contributed by atoms with Crippen molar-refractivity contribution in [2.75, 3.05) is 24.0 Å². The molecule has 1 atom stereocenters. The highest BCUT2D eigenvalue weighted by Gasteiger charge is 2.36. The number of halogens is 2. The van der Waals surface area contributed by atoms with E-state index in [1.54, 1.807) is 61.5 Å². The Balaban J connectivity index is 1.85. The molecule has 0 radical (unpaired) electrons. The van der Waals surface area contributed by atoms with Crippen LogP contribution in [0.4, 0.5) is 5.69 Å². The lowest BCUT2D eigenvalue weighted by atomic mass is 10.0. The van der Waals surface area contributed by atoms with Crippen LogP contribution in [-0.4, -0.2) is 50.9 Å². The van der Waals surface area contributed by atoms with Crippen LogP contribution in [0.2, 0.25) is 10.0 Å². The molecule has 0 aliphatic carbocycles. The van der Waals surface area contributed by atoms with Crippen molar-refractivity contribution in [1.82, 2.24) is 10.2 Å². The van der Waals surface area contributed by atoms with E-state index in [1.165, 1.54) is 17.0 Å². The highest BCUT2D eigenvalue weighted by molar-refractivity contribution is 7.92. The molecule has 11 heteroatoms. The van der Waals surface area contributed by atoms with Crippen LogP contribution >= 0.6 is 23.2 Å². The number of aryl methyl sites for hydroxylation is 1. The molecule has 0 aliphatic rings. The number of benzene rings is 4. The van der Waals surface area contributed by atoms with Crippen LogP contribution in [0.1, 0.15) is 37.5 Å². The first-order chi connectivity index (χ1) is 22.9. The molecule has 0 saturated heterocycles. The van der Waals surface area contributed by atoms with E-state index in [1.807, 2.05) is 51.1 Å². The van der Waals surface area contributed by atoms with Crippen molar-refractivity contribution in [2.45, 2.75) is 51.6 Å². The maximum Gasteiger partial charge on any atom is 0.264 e. The van der Waals surface area contributed by atoms with Gasteiger partial charge in [0, 0.05) is 29.6 Å². The average Bonchev–Trinajstić information content (AvgIpc) is 3.06. The first-order valence-electron chi connectivity index (χ1n) is 15.8. The smallest absolute Gasteiger partial charge is 0.264 e. The number of anilines is 1. The number of nitrogens with one attached hydrogen (secondary N) is 1. The standard InChI is InChI=1S/C37H41Cl2N3O5S/c1-5-47-35-14-10-9-13-33(35)42(48(45,46)31-19-15-27(4)16-20-31)25-36(43)41(24-29-17-18-30(38)22-32(29)39)34(37(44)40-23-26(2)3)21-28-11-7-6-8-12-28/h6-20,22,26,34H,5,21,23-25H2,1-4H3,(H,40,44)/t34-/m1/s1. The summed E-state index contributed by atoms with van der Waals surface area (Å²) in [6.45, 7) is 7.59. The van der Waals surface area contributed by atoms with Gasteiger partial charge in [0.2, 0.25) is 11.8 Å². The van der Waals surface area contributed by atoms with E-state index >= 15 is 0 Å². The highest BCUT2D eigenvalue weighted by Crippen LogP contribution is 2.33. The minimum Gasteiger partial charge on any atom is -0.492 e. The second-order valence-corrected chi connectivity index (χ2v) is 14.5. The molecule has 0 unspecified atom stereocenters. The molecule has 254 valence electrons. The van der Waals surface area contributed by atoms with Gasteiger partial charge in [-0.1, -0.05) is 103 Å². The van der Waals surface area contributed by atoms with Gasteiger partial charge >= 0.3 is 0 Å². The zero-order valence-electron chi connectivity index (χ0n) is 27.5. The fraction of sp³-hybridized carbons (Fsp3) is 0.297. The summed E-state index contributed by atoms with van der Waals surface area (Å²) in [4.78, 5) is 30.1. The molecule has 8 nitrogen and oxygen atoms in total. The van der Waals surface area contributed by atoms with Crippen molar-refractivity contribution in [3.63, 3.8) is 0 Å². The first kappa shape index (κ1) is 36.8. The summed E-state index contributed by atoms with van der Waals surface area (Å²) in [6.07, 6.45) is 0.183. The number of carbonyl (C=O) groups excluding carboxylic acids is 2. The minimum absolute atomic E-state index is 0.00927. The monoisotopic (exact) mass is 709 g/mol. The molecule has 4 aromatic rings. The molecule has 0 fully saturated rings. The summed E-state index contributed by atoms with van der Waals surface area (Å²) >= 11 is 12.8. The molecule has 2 amide bonds. The fourth-order valence-electron chi connectivity index (χ4n) is 5.10. The summed E-state index contributed by atoms with van der Waals surface area (Å²) in [7, 11) is -4.29. The predicted molar refractivity (Wildman–Crippen MR) is 192 cm³/mol. The van der Waals surface area contributed by atoms with Gasteiger partial charge in [0.25, 0.3) is 10.0 Å². The zero-order chi connectivity index (χ0) is 34.8. The Labute approximate surface area is 293 Å². The lowest BCUT2D eigenvalue weighted by Crippen LogP contribution is -2.53. The molecule has 0 spiro atoms. The molecular formula is C37H41Cl2N3O5S. The molecule has 0 aromatic heterocycles. The van der Waals surface area contributed by atoms with E-state index < -0.39 is 28.5 Å². The molecule has 0 bridgehead atoms. The quantitative estimate of drug-likeness (QED) is 0.140. The van der Waals surface area contributed by atoms with Crippen LogP contribution in [0.3, 0.4) is 0 Å². The lowest BCUT2D eigenvalue weighted by Gasteiger charge is -2.34. The predicted octanol–water partition coefficient (Wildman–Crippen LogP) is 7.31. The number of hydrogen-bond donors (Lipinski definition) is 1. The van der Waals surface area contributed by atoms with Gasteiger partial charge in [-0.25, -0.2) is 8.42 Å². The van der Waals surface area contributed by atoms with Crippen molar-refractivity contribution in [2.24, 2.45) is 5.92 Å². The number of nitrogens with zero attached hydrogens (tertiary/aromatic N) is 2. The molecule has 0 saturated carbocycles. The number of ether oxygens (including phenoxy) is 1. The van der Waals surface area contributed by atoms with Gasteiger partial charge in [0.05, 0.1) is 17.2 Å². The maximum absolute atomic E-state index is 14.7. The number of amides is 2. The van der Waals surface area contributed by atoms with Crippen molar-refractivity contribution in [1.29, 1.82) is 0 Å². The molecule has 0 heterocycles. The van der Waals surface area contributed by atoms with Crippen LogP contribution in [0.25, 0.3) is 0 Å². The topological polar surface area (TPSA) is 96.0 Å². The van der Waals surface area contributed by atoms with E-state index in [0.29, 0.717) is 27.9 Å². The van der Waals surface area contributed by atoms with Gasteiger partial charge in [-0.3, -0.25) is 13.9 Å². The van der Waals surface area contributed by atoms with Gasteiger partial charge in [-0.2, -0.15) is 0 Å². The second-order valence-electron chi connectivity index (χ2n) is 11.8. The van der Waals surface area contributed by atoms with E-state index in [0.717, 1.165) is 15.4 Å². The van der Waals surface area contributed by atoms with Crippen LogP contribution in [0.15, 0.2) is 102 Å². The summed E-state index contributed by atoms with van der Waals surface area (Å²) in [5.41, 5.74) is 2.45. The Hall–Kier alpha value is -4.05. The summed E-state index contributed by atoms with van der Waals surface area (Å²) in [5, 5.41) is 3.71. The van der Waals surface area contributed by atoms with Crippen molar-refractivity contribution >= 4 is 50.7 Å². The summed E-state index contributed by atoms with van der Waals surface area (Å²) in [6, 6.07) is 26.4. The molecule has 0 aliphatic heterocycles. The SMILES string of the molecule is CCOc1ccccc1N(CC(=O)N(Cc1ccc(Cl)cc1Cl)[C@H](Cc1ccccc1)C(=O)NCC(C)C)S(=O)(=O)c1ccc(C)cc1. The van der Waals surface area contributed by atoms with Gasteiger partial charge in [0.1, 0.15) is 18.3 Å². The van der Waals surface area contributed by atoms with Crippen LogP contribution in [0.5, 0.6) is 5.75 Å². The highest BCUT2D eigenvalue weighted by atomic mass is 35.5. The van der Waals surface area contributed by atoms with Gasteiger partial charge in [-0.05, 0) is 67.3 Å². The third-order valence-electron chi connectivity index (χ3n) is 7.63. The Morgan fingerprint density at radius 3 is 2.21 bits per heavy atom.